The molecule has 0 amide bonds. The van der Waals surface area contributed by atoms with Crippen LogP contribution in [0.25, 0.3) is 0 Å². The van der Waals surface area contributed by atoms with E-state index in [-0.39, 0.29) is 35.0 Å². The highest BCUT2D eigenvalue weighted by Crippen LogP contribution is 2.56. The van der Waals surface area contributed by atoms with Gasteiger partial charge in [0, 0.05) is 28.8 Å². The molecule has 2 aliphatic rings. The first kappa shape index (κ1) is 26.2. The molecule has 3 aromatic carbocycles. The van der Waals surface area contributed by atoms with Crippen molar-refractivity contribution in [1.82, 2.24) is 0 Å². The van der Waals surface area contributed by atoms with Gasteiger partial charge in [0.15, 0.2) is 5.60 Å². The Hall–Kier alpha value is -3.82. The van der Waals surface area contributed by atoms with Crippen molar-refractivity contribution in [2.75, 3.05) is 0 Å². The Morgan fingerprint density at radius 1 is 0.667 bits per heavy atom. The van der Waals surface area contributed by atoms with Crippen LogP contribution >= 0.6 is 0 Å². The van der Waals surface area contributed by atoms with E-state index in [2.05, 4.69) is 0 Å². The molecule has 2 N–H and O–H groups in total. The maximum Gasteiger partial charge on any atom is 0.340 e. The predicted octanol–water partition coefficient (Wildman–Crippen LogP) is 4.43. The molecule has 0 unspecified atom stereocenters. The highest BCUT2D eigenvalue weighted by molar-refractivity contribution is 5.97. The minimum atomic E-state index is -1.17. The number of fused-ring (bicyclic) bond motifs is 6. The molecule has 0 bridgehead atoms. The molecule has 0 atom stereocenters. The molecule has 1 spiro atoms. The fourth-order valence-corrected chi connectivity index (χ4v) is 3.65. The lowest BCUT2D eigenvalue weighted by Crippen LogP contribution is -2.32. The summed E-state index contributed by atoms with van der Waals surface area (Å²) in [5.41, 5.74) is 1.28. The highest BCUT2D eigenvalue weighted by Gasteiger charge is 2.53. The molecule has 162 valence electrons. The van der Waals surface area contributed by atoms with E-state index in [1.54, 1.807) is 24.3 Å². The third-order valence-electron chi connectivity index (χ3n) is 4.68. The summed E-state index contributed by atoms with van der Waals surface area (Å²) < 4.78 is 11.8. The van der Waals surface area contributed by atoms with Gasteiger partial charge in [0.1, 0.15) is 23.0 Å². The number of rotatable bonds is 0. The Bertz CT molecular complexity index is 1020. The topological polar surface area (TPSA) is 76.0 Å². The number of esters is 1. The lowest BCUT2D eigenvalue weighted by molar-refractivity contribution is 0.0224. The van der Waals surface area contributed by atoms with Crippen molar-refractivity contribution in [3.8, 4) is 23.0 Å². The van der Waals surface area contributed by atoms with E-state index in [4.69, 9.17) is 9.47 Å². The molecule has 2 heterocycles. The molecule has 10 heteroatoms. The molecule has 0 aromatic heterocycles. The van der Waals surface area contributed by atoms with Crippen molar-refractivity contribution in [2.24, 2.45) is 0 Å². The van der Waals surface area contributed by atoms with Gasteiger partial charge in [0.05, 0.1) is 5.56 Å². The fraction of sp³-hybridized carbons (Fsp3) is 0.0500. The molecule has 0 fully saturated rings. The van der Waals surface area contributed by atoms with E-state index in [1.807, 2.05) is 12.1 Å². The number of carbonyl (C=O) groups is 1. The Morgan fingerprint density at radius 2 is 1.17 bits per heavy atom. The van der Waals surface area contributed by atoms with Gasteiger partial charge in [-0.2, -0.15) is 0 Å². The van der Waals surface area contributed by atoms with Crippen LogP contribution in [0, 0.1) is 0 Å². The number of aromatic hydroxyl groups is 2. The van der Waals surface area contributed by atoms with Crippen molar-refractivity contribution in [2.45, 2.75) is 5.60 Å². The SMILES string of the molecule is F.F.F.F.F.O=C1OC2(c3ccc(O)cc3Oc3cc(O)ccc32)c2ccccc21. The zero-order valence-corrected chi connectivity index (χ0v) is 14.9. The summed E-state index contributed by atoms with van der Waals surface area (Å²) in [5, 5.41) is 19.7. The summed E-state index contributed by atoms with van der Waals surface area (Å²) in [6, 6.07) is 16.6. The minimum absolute atomic E-state index is 0. The molecule has 30 heavy (non-hydrogen) atoms. The van der Waals surface area contributed by atoms with Crippen LogP contribution in [0.5, 0.6) is 23.0 Å². The quantitative estimate of drug-likeness (QED) is 0.406. The van der Waals surface area contributed by atoms with Crippen LogP contribution in [-0.2, 0) is 10.3 Å². The second-order valence-electron chi connectivity index (χ2n) is 6.08. The Balaban J connectivity index is 0.00000168. The average molecular weight is 432 g/mol. The molecule has 0 radical (unpaired) electrons. The molecular weight excluding hydrogens is 415 g/mol. The Labute approximate surface area is 166 Å². The lowest BCUT2D eigenvalue weighted by atomic mass is 9.77. The van der Waals surface area contributed by atoms with Crippen molar-refractivity contribution in [3.63, 3.8) is 0 Å². The largest absolute Gasteiger partial charge is 0.508 e. The van der Waals surface area contributed by atoms with E-state index in [1.165, 1.54) is 24.3 Å². The van der Waals surface area contributed by atoms with Crippen LogP contribution in [0.3, 0.4) is 0 Å². The van der Waals surface area contributed by atoms with Crippen LogP contribution in [0.1, 0.15) is 27.0 Å². The third kappa shape index (κ3) is 3.15. The van der Waals surface area contributed by atoms with E-state index in [0.29, 0.717) is 33.8 Å². The number of halogens is 5. The molecule has 2 aliphatic heterocycles. The van der Waals surface area contributed by atoms with Crippen molar-refractivity contribution in [3.05, 3.63) is 82.9 Å². The number of benzene rings is 3. The number of carbonyl (C=O) groups excluding carboxylic acids is 1. The van der Waals surface area contributed by atoms with Gasteiger partial charge < -0.3 is 19.7 Å². The van der Waals surface area contributed by atoms with Gasteiger partial charge in [0.2, 0.25) is 0 Å². The zero-order chi connectivity index (χ0) is 17.2. The summed E-state index contributed by atoms with van der Waals surface area (Å²) in [5.74, 6) is 0.408. The normalized spacial score (nSPS) is 13.1. The number of phenolic OH excluding ortho intramolecular Hbond substituents is 2. The summed E-state index contributed by atoms with van der Waals surface area (Å²) in [6.07, 6.45) is 0. The van der Waals surface area contributed by atoms with Crippen molar-refractivity contribution in [1.29, 1.82) is 0 Å². The maximum absolute atomic E-state index is 12.5. The zero-order valence-electron chi connectivity index (χ0n) is 14.9. The van der Waals surface area contributed by atoms with Gasteiger partial charge in [-0.1, -0.05) is 18.2 Å². The van der Waals surface area contributed by atoms with Crippen LogP contribution in [-0.4, -0.2) is 16.2 Å². The molecule has 0 aliphatic carbocycles. The number of phenols is 2. The second kappa shape index (κ2) is 8.68. The first-order valence-electron chi connectivity index (χ1n) is 7.77. The van der Waals surface area contributed by atoms with Crippen molar-refractivity contribution < 1.29 is 48.0 Å². The first-order chi connectivity index (χ1) is 12.1. The molecule has 0 saturated heterocycles. The highest BCUT2D eigenvalue weighted by atomic mass is 19.0. The minimum Gasteiger partial charge on any atom is -0.508 e. The molecular formula is C20H17F5O5. The lowest BCUT2D eigenvalue weighted by Gasteiger charge is -2.36. The Kier molecular flexibility index (Phi) is 7.58. The summed E-state index contributed by atoms with van der Waals surface area (Å²) in [6.45, 7) is 0. The van der Waals surface area contributed by atoms with Gasteiger partial charge in [-0.3, -0.25) is 23.5 Å². The van der Waals surface area contributed by atoms with Gasteiger partial charge in [0.25, 0.3) is 0 Å². The molecule has 0 saturated carbocycles. The van der Waals surface area contributed by atoms with Crippen LogP contribution < -0.4 is 4.74 Å². The monoisotopic (exact) mass is 432 g/mol. The van der Waals surface area contributed by atoms with E-state index in [0.717, 1.165) is 0 Å². The van der Waals surface area contributed by atoms with E-state index >= 15 is 0 Å². The van der Waals surface area contributed by atoms with E-state index in [9.17, 15) is 15.0 Å². The number of hydrogen-bond acceptors (Lipinski definition) is 5. The Morgan fingerprint density at radius 3 is 1.70 bits per heavy atom. The predicted molar refractivity (Wildman–Crippen MR) is 101 cm³/mol. The summed E-state index contributed by atoms with van der Waals surface area (Å²) in [4.78, 5) is 12.5. The van der Waals surface area contributed by atoms with Crippen LogP contribution in [0.15, 0.2) is 60.7 Å². The second-order valence-corrected chi connectivity index (χ2v) is 6.08. The molecule has 5 nitrogen and oxygen atoms in total. The van der Waals surface area contributed by atoms with Gasteiger partial charge in [-0.25, -0.2) is 4.79 Å². The number of hydrogen-bond donors (Lipinski definition) is 2. The van der Waals surface area contributed by atoms with Gasteiger partial charge in [-0.05, 0) is 30.3 Å². The van der Waals surface area contributed by atoms with E-state index < -0.39 is 11.6 Å². The van der Waals surface area contributed by atoms with Crippen molar-refractivity contribution >= 4 is 5.97 Å². The molecule has 5 rings (SSSR count). The first-order valence-corrected chi connectivity index (χ1v) is 7.77. The van der Waals surface area contributed by atoms with Crippen LogP contribution in [0.2, 0.25) is 0 Å². The number of ether oxygens (including phenoxy) is 2. The van der Waals surface area contributed by atoms with Gasteiger partial charge >= 0.3 is 5.97 Å². The summed E-state index contributed by atoms with van der Waals surface area (Å²) >= 11 is 0. The van der Waals surface area contributed by atoms with Crippen LogP contribution in [0.4, 0.5) is 23.5 Å². The maximum atomic E-state index is 12.5. The van der Waals surface area contributed by atoms with Gasteiger partial charge in [-0.15, -0.1) is 0 Å². The standard InChI is InChI=1S/C20H12O5.5FH/c21-11-5-7-15-17(9-11)24-18-10-12(22)6-8-16(18)20(15)14-4-2-1-3-13(14)19(23)25-20;;;;;/h1-10,21-22H;5*1H. The average Bonchev–Trinajstić information content (AvgIpc) is 2.88. The summed E-state index contributed by atoms with van der Waals surface area (Å²) in [7, 11) is 0. The molecule has 3 aromatic rings. The third-order valence-corrected chi connectivity index (χ3v) is 4.68. The fourth-order valence-electron chi connectivity index (χ4n) is 3.65. The smallest absolute Gasteiger partial charge is 0.340 e.